The third-order valence-electron chi connectivity index (χ3n) is 5.12. The fraction of sp³-hybridized carbons (Fsp3) is 0.350. The van der Waals surface area contributed by atoms with E-state index in [9.17, 15) is 9.18 Å². The molecule has 4 heterocycles. The maximum absolute atomic E-state index is 13.4. The Balaban J connectivity index is 1.41. The minimum Gasteiger partial charge on any atom is -0.370 e. The summed E-state index contributed by atoms with van der Waals surface area (Å²) in [6.45, 7) is 2.37. The summed E-state index contributed by atoms with van der Waals surface area (Å²) in [7, 11) is 0. The molecule has 1 aromatic carbocycles. The third kappa shape index (κ3) is 3.22. The highest BCUT2D eigenvalue weighted by Crippen LogP contribution is 2.33. The first-order valence-electron chi connectivity index (χ1n) is 9.31. The second kappa shape index (κ2) is 7.10. The van der Waals surface area contributed by atoms with Gasteiger partial charge in [0.15, 0.2) is 0 Å². The highest BCUT2D eigenvalue weighted by Gasteiger charge is 2.23. The number of halogens is 1. The van der Waals surface area contributed by atoms with Crippen LogP contribution in [0.3, 0.4) is 0 Å². The Kier molecular flexibility index (Phi) is 4.44. The molecule has 0 aliphatic carbocycles. The van der Waals surface area contributed by atoms with E-state index in [2.05, 4.69) is 4.98 Å². The van der Waals surface area contributed by atoms with Crippen molar-refractivity contribution in [3.8, 4) is 10.6 Å². The molecule has 3 aromatic rings. The average Bonchev–Trinajstić information content (AvgIpc) is 3.34. The lowest BCUT2D eigenvalue weighted by Gasteiger charge is -2.26. The number of amides is 1. The molecule has 6 nitrogen and oxygen atoms in total. The molecule has 8 heteroatoms. The van der Waals surface area contributed by atoms with Crippen LogP contribution in [-0.4, -0.2) is 54.9 Å². The van der Waals surface area contributed by atoms with E-state index in [1.807, 2.05) is 35.2 Å². The molecule has 0 saturated carbocycles. The molecule has 0 spiro atoms. The first-order chi connectivity index (χ1) is 13.7. The van der Waals surface area contributed by atoms with E-state index in [1.165, 1.54) is 0 Å². The van der Waals surface area contributed by atoms with E-state index in [4.69, 9.17) is 9.72 Å². The van der Waals surface area contributed by atoms with E-state index < -0.39 is 6.17 Å². The van der Waals surface area contributed by atoms with Crippen LogP contribution >= 0.6 is 11.3 Å². The van der Waals surface area contributed by atoms with Gasteiger partial charge in [0, 0.05) is 30.5 Å². The number of hydrogen-bond acceptors (Lipinski definition) is 6. The Morgan fingerprint density at radius 3 is 2.89 bits per heavy atom. The Labute approximate surface area is 165 Å². The molecule has 2 fully saturated rings. The number of nitrogens with zero attached hydrogens (tertiary/aromatic N) is 4. The summed E-state index contributed by atoms with van der Waals surface area (Å²) >= 11 is 1.57. The number of pyridine rings is 1. The second-order valence-corrected chi connectivity index (χ2v) is 8.04. The van der Waals surface area contributed by atoms with Gasteiger partial charge in [0.25, 0.3) is 5.91 Å². The van der Waals surface area contributed by atoms with E-state index in [0.29, 0.717) is 32.7 Å². The summed E-state index contributed by atoms with van der Waals surface area (Å²) in [5.74, 6) is 0.783. The Morgan fingerprint density at radius 2 is 2.14 bits per heavy atom. The Bertz CT molecular complexity index is 1020. The monoisotopic (exact) mass is 398 g/mol. The second-order valence-electron chi connectivity index (χ2n) is 7.01. The molecular weight excluding hydrogens is 379 g/mol. The fourth-order valence-electron chi connectivity index (χ4n) is 3.62. The predicted octanol–water partition coefficient (Wildman–Crippen LogP) is 3.27. The van der Waals surface area contributed by atoms with Crippen molar-refractivity contribution in [2.24, 2.45) is 0 Å². The molecule has 2 aliphatic rings. The zero-order valence-corrected chi connectivity index (χ0v) is 16.0. The molecular formula is C20H19FN4O2S. The number of aromatic nitrogens is 2. The molecule has 2 saturated heterocycles. The van der Waals surface area contributed by atoms with Crippen LogP contribution in [0.2, 0.25) is 0 Å². The number of carbonyl (C=O) groups is 1. The summed E-state index contributed by atoms with van der Waals surface area (Å²) in [6.07, 6.45) is 1.60. The number of ether oxygens (including phenoxy) is 1. The highest BCUT2D eigenvalue weighted by molar-refractivity contribution is 7.21. The fourth-order valence-corrected chi connectivity index (χ4v) is 4.61. The summed E-state index contributed by atoms with van der Waals surface area (Å²) in [4.78, 5) is 25.0. The summed E-state index contributed by atoms with van der Waals surface area (Å²) in [6, 6.07) is 9.79. The van der Waals surface area contributed by atoms with Gasteiger partial charge in [-0.1, -0.05) is 0 Å². The number of morpholine rings is 1. The molecule has 0 N–H and O–H groups in total. The van der Waals surface area contributed by atoms with Crippen LogP contribution in [0.25, 0.3) is 20.8 Å². The van der Waals surface area contributed by atoms with E-state index >= 15 is 0 Å². The minimum atomic E-state index is -0.765. The van der Waals surface area contributed by atoms with Crippen molar-refractivity contribution >= 4 is 39.0 Å². The zero-order valence-electron chi connectivity index (χ0n) is 15.2. The van der Waals surface area contributed by atoms with Crippen LogP contribution < -0.4 is 9.80 Å². The van der Waals surface area contributed by atoms with Gasteiger partial charge < -0.3 is 14.5 Å². The summed E-state index contributed by atoms with van der Waals surface area (Å²) in [5.41, 5.74) is 2.71. The number of fused-ring (bicyclic) bond motifs is 1. The van der Waals surface area contributed by atoms with Crippen LogP contribution in [-0.2, 0) is 9.53 Å². The number of carbonyl (C=O) groups excluding carboxylic acids is 1. The zero-order chi connectivity index (χ0) is 19.1. The largest absolute Gasteiger partial charge is 0.370 e. The van der Waals surface area contributed by atoms with Gasteiger partial charge in [-0.15, -0.1) is 11.3 Å². The van der Waals surface area contributed by atoms with Gasteiger partial charge in [0.1, 0.15) is 23.6 Å². The molecule has 0 bridgehead atoms. The van der Waals surface area contributed by atoms with Crippen LogP contribution in [0.5, 0.6) is 0 Å². The van der Waals surface area contributed by atoms with Crippen molar-refractivity contribution in [3.63, 3.8) is 0 Å². The van der Waals surface area contributed by atoms with Gasteiger partial charge in [0.2, 0.25) is 0 Å². The van der Waals surface area contributed by atoms with Crippen LogP contribution in [0.1, 0.15) is 6.42 Å². The topological polar surface area (TPSA) is 58.6 Å². The highest BCUT2D eigenvalue weighted by atomic mass is 32.1. The predicted molar refractivity (Wildman–Crippen MR) is 108 cm³/mol. The van der Waals surface area contributed by atoms with Crippen LogP contribution in [0.4, 0.5) is 15.9 Å². The van der Waals surface area contributed by atoms with Crippen molar-refractivity contribution in [1.82, 2.24) is 9.97 Å². The normalized spacial score (nSPS) is 20.3. The molecule has 2 aliphatic heterocycles. The lowest BCUT2D eigenvalue weighted by molar-refractivity contribution is -0.125. The first-order valence-corrected chi connectivity index (χ1v) is 10.1. The number of benzene rings is 1. The molecule has 1 atom stereocenters. The lowest BCUT2D eigenvalue weighted by Crippen LogP contribution is -2.41. The van der Waals surface area contributed by atoms with E-state index in [-0.39, 0.29) is 12.5 Å². The van der Waals surface area contributed by atoms with Gasteiger partial charge in [-0.3, -0.25) is 4.79 Å². The third-order valence-corrected chi connectivity index (χ3v) is 6.19. The molecule has 5 rings (SSSR count). The first kappa shape index (κ1) is 17.5. The molecule has 28 heavy (non-hydrogen) atoms. The Hall–Kier alpha value is -2.58. The van der Waals surface area contributed by atoms with E-state index in [1.54, 1.807) is 22.4 Å². The SMILES string of the molecule is O=C1COCCN1c1ccc2nc(-c3ccc(N4CC[C@@H](F)C4)nc3)sc2c1. The quantitative estimate of drug-likeness (QED) is 0.678. The molecule has 0 unspecified atom stereocenters. The lowest BCUT2D eigenvalue weighted by atomic mass is 10.2. The minimum absolute atomic E-state index is 0.0208. The van der Waals surface area contributed by atoms with Crippen molar-refractivity contribution < 1.29 is 13.9 Å². The molecule has 1 amide bonds. The van der Waals surface area contributed by atoms with Crippen molar-refractivity contribution in [2.75, 3.05) is 42.6 Å². The number of alkyl halides is 1. The Morgan fingerprint density at radius 1 is 1.21 bits per heavy atom. The number of thiazole rings is 1. The molecule has 2 aromatic heterocycles. The van der Waals surface area contributed by atoms with E-state index in [0.717, 1.165) is 32.3 Å². The van der Waals surface area contributed by atoms with Crippen molar-refractivity contribution in [1.29, 1.82) is 0 Å². The van der Waals surface area contributed by atoms with Gasteiger partial charge in [-0.25, -0.2) is 14.4 Å². The summed E-state index contributed by atoms with van der Waals surface area (Å²) in [5, 5.41) is 0.879. The standard InChI is InChI=1S/C20H19FN4O2S/c21-14-5-6-24(11-14)18-4-1-13(10-22-18)20-23-16-3-2-15(9-17(16)28-20)25-7-8-27-12-19(25)26/h1-4,9-10,14H,5-8,11-12H2/t14-/m1/s1. The van der Waals surface area contributed by atoms with Crippen molar-refractivity contribution in [2.45, 2.75) is 12.6 Å². The van der Waals surface area contributed by atoms with Gasteiger partial charge in [-0.2, -0.15) is 0 Å². The summed E-state index contributed by atoms with van der Waals surface area (Å²) < 4.78 is 19.6. The average molecular weight is 398 g/mol. The van der Waals surface area contributed by atoms with Gasteiger partial charge in [0.05, 0.1) is 23.4 Å². The number of anilines is 2. The molecule has 144 valence electrons. The van der Waals surface area contributed by atoms with Gasteiger partial charge in [-0.05, 0) is 36.8 Å². The number of rotatable bonds is 3. The van der Waals surface area contributed by atoms with Gasteiger partial charge >= 0.3 is 0 Å². The van der Waals surface area contributed by atoms with Crippen molar-refractivity contribution in [3.05, 3.63) is 36.5 Å². The van der Waals surface area contributed by atoms with Crippen LogP contribution in [0, 0.1) is 0 Å². The maximum atomic E-state index is 13.4. The molecule has 0 radical (unpaired) electrons. The number of hydrogen-bond donors (Lipinski definition) is 0. The maximum Gasteiger partial charge on any atom is 0.253 e. The van der Waals surface area contributed by atoms with Crippen LogP contribution in [0.15, 0.2) is 36.5 Å². The smallest absolute Gasteiger partial charge is 0.253 e.